The first-order chi connectivity index (χ1) is 12.3. The van der Waals surface area contributed by atoms with Gasteiger partial charge in [-0.05, 0) is 31.2 Å². The predicted octanol–water partition coefficient (Wildman–Crippen LogP) is 1.58. The molecule has 0 saturated carbocycles. The predicted molar refractivity (Wildman–Crippen MR) is 95.1 cm³/mol. The number of carbonyl (C=O) groups excluding carboxylic acids is 2. The third-order valence-electron chi connectivity index (χ3n) is 3.15. The van der Waals surface area contributed by atoms with Crippen LogP contribution in [0.2, 0.25) is 5.15 Å². The minimum Gasteiger partial charge on any atom is -0.452 e. The van der Waals surface area contributed by atoms with Crippen LogP contribution in [0.25, 0.3) is 0 Å². The Morgan fingerprint density at radius 2 is 1.88 bits per heavy atom. The average molecular weight is 398 g/mol. The van der Waals surface area contributed by atoms with Crippen LogP contribution < -0.4 is 10.0 Å². The maximum Gasteiger partial charge on any atom is 0.321 e. The summed E-state index contributed by atoms with van der Waals surface area (Å²) >= 11 is 5.83. The highest BCUT2D eigenvalue weighted by Gasteiger charge is 2.21. The van der Waals surface area contributed by atoms with Crippen molar-refractivity contribution in [2.75, 3.05) is 11.9 Å². The van der Waals surface area contributed by atoms with Gasteiger partial charge in [0, 0.05) is 6.20 Å². The maximum atomic E-state index is 12.0. The van der Waals surface area contributed by atoms with Crippen LogP contribution in [-0.4, -0.2) is 37.9 Å². The third-order valence-corrected chi connectivity index (χ3v) is 4.87. The number of anilines is 1. The van der Waals surface area contributed by atoms with E-state index in [9.17, 15) is 18.0 Å². The summed E-state index contributed by atoms with van der Waals surface area (Å²) in [6.07, 6.45) is 0.306. The summed E-state index contributed by atoms with van der Waals surface area (Å²) in [6.45, 7) is 0.742. The van der Waals surface area contributed by atoms with Gasteiger partial charge in [-0.15, -0.1) is 0 Å². The Labute approximate surface area is 155 Å². The van der Waals surface area contributed by atoms with Crippen molar-refractivity contribution >= 4 is 39.2 Å². The standard InChI is InChI=1S/C16H16ClN3O5S/c1-11(16(22)20-13-8-5-9-18-15(13)17)25-14(21)10-19-26(23,24)12-6-3-2-4-7-12/h2-9,11,19H,10H2,1H3,(H,20,22)/t11-/m1/s1. The molecule has 0 aliphatic heterocycles. The molecule has 0 aliphatic rings. The fourth-order valence-corrected chi connectivity index (χ4v) is 3.00. The first-order valence-corrected chi connectivity index (χ1v) is 9.31. The monoisotopic (exact) mass is 397 g/mol. The average Bonchev–Trinajstić information content (AvgIpc) is 2.62. The highest BCUT2D eigenvalue weighted by atomic mass is 35.5. The number of pyridine rings is 1. The summed E-state index contributed by atoms with van der Waals surface area (Å²) in [4.78, 5) is 27.6. The Kier molecular flexibility index (Phi) is 6.67. The van der Waals surface area contributed by atoms with Crippen LogP contribution in [0.5, 0.6) is 0 Å². The largest absolute Gasteiger partial charge is 0.452 e. The van der Waals surface area contributed by atoms with E-state index in [0.717, 1.165) is 0 Å². The van der Waals surface area contributed by atoms with Crippen molar-refractivity contribution < 1.29 is 22.7 Å². The molecule has 1 heterocycles. The van der Waals surface area contributed by atoms with Gasteiger partial charge >= 0.3 is 5.97 Å². The third kappa shape index (κ3) is 5.51. The van der Waals surface area contributed by atoms with Gasteiger partial charge < -0.3 is 10.1 Å². The van der Waals surface area contributed by atoms with Gasteiger partial charge in [0.15, 0.2) is 11.3 Å². The van der Waals surface area contributed by atoms with Gasteiger partial charge in [0.1, 0.15) is 6.54 Å². The normalized spacial score (nSPS) is 12.2. The van der Waals surface area contributed by atoms with Crippen molar-refractivity contribution in [2.24, 2.45) is 0 Å². The van der Waals surface area contributed by atoms with E-state index >= 15 is 0 Å². The second-order valence-corrected chi connectivity index (χ2v) is 7.23. The quantitative estimate of drug-likeness (QED) is 0.541. The van der Waals surface area contributed by atoms with E-state index in [0.29, 0.717) is 0 Å². The van der Waals surface area contributed by atoms with Crippen LogP contribution >= 0.6 is 11.6 Å². The minimum atomic E-state index is -3.84. The smallest absolute Gasteiger partial charge is 0.321 e. The molecule has 2 rings (SSSR count). The molecule has 0 radical (unpaired) electrons. The van der Waals surface area contributed by atoms with Gasteiger partial charge in [-0.1, -0.05) is 29.8 Å². The van der Waals surface area contributed by atoms with Gasteiger partial charge in [0.25, 0.3) is 5.91 Å². The van der Waals surface area contributed by atoms with E-state index in [-0.39, 0.29) is 15.7 Å². The second-order valence-electron chi connectivity index (χ2n) is 5.10. The summed E-state index contributed by atoms with van der Waals surface area (Å²) in [5.74, 6) is -1.52. The number of benzene rings is 1. The van der Waals surface area contributed by atoms with Crippen LogP contribution in [0.3, 0.4) is 0 Å². The van der Waals surface area contributed by atoms with Crippen molar-refractivity contribution in [3.63, 3.8) is 0 Å². The van der Waals surface area contributed by atoms with E-state index < -0.39 is 34.5 Å². The number of carbonyl (C=O) groups is 2. The van der Waals surface area contributed by atoms with E-state index in [1.54, 1.807) is 24.3 Å². The van der Waals surface area contributed by atoms with Gasteiger partial charge in [-0.25, -0.2) is 13.4 Å². The van der Waals surface area contributed by atoms with Gasteiger partial charge in [0.2, 0.25) is 10.0 Å². The molecule has 138 valence electrons. The van der Waals surface area contributed by atoms with Crippen molar-refractivity contribution in [1.29, 1.82) is 0 Å². The lowest BCUT2D eigenvalue weighted by molar-refractivity contribution is -0.151. The van der Waals surface area contributed by atoms with Gasteiger partial charge in [-0.2, -0.15) is 4.72 Å². The zero-order chi connectivity index (χ0) is 19.2. The number of rotatable bonds is 7. The number of nitrogens with zero attached hydrogens (tertiary/aromatic N) is 1. The van der Waals surface area contributed by atoms with Crippen molar-refractivity contribution in [3.8, 4) is 0 Å². The Hall–Kier alpha value is -2.49. The van der Waals surface area contributed by atoms with E-state index in [4.69, 9.17) is 16.3 Å². The number of nitrogens with one attached hydrogen (secondary N) is 2. The van der Waals surface area contributed by atoms with Gasteiger partial charge in [0.05, 0.1) is 10.6 Å². The molecule has 10 heteroatoms. The molecule has 2 N–H and O–H groups in total. The van der Waals surface area contributed by atoms with E-state index in [1.807, 2.05) is 0 Å². The lowest BCUT2D eigenvalue weighted by Gasteiger charge is -2.14. The Bertz CT molecular complexity index is 890. The molecule has 0 unspecified atom stereocenters. The number of hydrogen-bond acceptors (Lipinski definition) is 6. The molecule has 0 bridgehead atoms. The molecule has 1 atom stereocenters. The SMILES string of the molecule is C[C@@H](OC(=O)CNS(=O)(=O)c1ccccc1)C(=O)Nc1cccnc1Cl. The maximum absolute atomic E-state index is 12.0. The van der Waals surface area contributed by atoms with Crippen molar-refractivity contribution in [1.82, 2.24) is 9.71 Å². The van der Waals surface area contributed by atoms with Crippen molar-refractivity contribution in [2.45, 2.75) is 17.9 Å². The Morgan fingerprint density at radius 1 is 1.19 bits per heavy atom. The number of sulfonamides is 1. The number of halogens is 1. The molecule has 0 saturated heterocycles. The summed E-state index contributed by atoms with van der Waals surface area (Å²) in [5, 5.41) is 2.56. The highest BCUT2D eigenvalue weighted by molar-refractivity contribution is 7.89. The van der Waals surface area contributed by atoms with Gasteiger partial charge in [-0.3, -0.25) is 9.59 Å². The highest BCUT2D eigenvalue weighted by Crippen LogP contribution is 2.17. The Morgan fingerprint density at radius 3 is 2.54 bits per heavy atom. The van der Waals surface area contributed by atoms with Crippen LogP contribution in [0.4, 0.5) is 5.69 Å². The fraction of sp³-hybridized carbons (Fsp3) is 0.188. The molecule has 8 nitrogen and oxygen atoms in total. The van der Waals surface area contributed by atoms with Crippen LogP contribution in [0.15, 0.2) is 53.6 Å². The molecular formula is C16H16ClN3O5S. The molecule has 26 heavy (non-hydrogen) atoms. The molecule has 1 amide bonds. The van der Waals surface area contributed by atoms with Crippen molar-refractivity contribution in [3.05, 3.63) is 53.8 Å². The summed E-state index contributed by atoms with van der Waals surface area (Å²) < 4.78 is 31.1. The molecule has 0 fully saturated rings. The summed E-state index contributed by atoms with van der Waals surface area (Å²) in [6, 6.07) is 10.7. The number of hydrogen-bond donors (Lipinski definition) is 2. The number of amides is 1. The number of aromatic nitrogens is 1. The van der Waals surface area contributed by atoms with Crippen LogP contribution in [-0.2, 0) is 24.3 Å². The minimum absolute atomic E-state index is 0.0183. The van der Waals surface area contributed by atoms with Crippen LogP contribution in [0.1, 0.15) is 6.92 Å². The Balaban J connectivity index is 1.87. The zero-order valence-corrected chi connectivity index (χ0v) is 15.3. The molecule has 1 aromatic carbocycles. The van der Waals surface area contributed by atoms with E-state index in [2.05, 4.69) is 15.0 Å². The summed E-state index contributed by atoms with van der Waals surface area (Å²) in [7, 11) is -3.84. The molecule has 1 aromatic heterocycles. The number of esters is 1. The topological polar surface area (TPSA) is 114 Å². The van der Waals surface area contributed by atoms with E-state index in [1.165, 1.54) is 31.3 Å². The first-order valence-electron chi connectivity index (χ1n) is 7.45. The zero-order valence-electron chi connectivity index (χ0n) is 13.7. The first kappa shape index (κ1) is 19.8. The fourth-order valence-electron chi connectivity index (χ4n) is 1.84. The number of ether oxygens (including phenoxy) is 1. The lowest BCUT2D eigenvalue weighted by atomic mass is 10.3. The van der Waals surface area contributed by atoms with Crippen LogP contribution in [0, 0.1) is 0 Å². The lowest BCUT2D eigenvalue weighted by Crippen LogP contribution is -2.35. The second kappa shape index (κ2) is 8.75. The molecular weight excluding hydrogens is 382 g/mol. The molecule has 0 aliphatic carbocycles. The molecule has 2 aromatic rings. The molecule has 0 spiro atoms. The summed E-state index contributed by atoms with van der Waals surface area (Å²) in [5.41, 5.74) is 0.270.